The lowest BCUT2D eigenvalue weighted by Crippen LogP contribution is -2.24. The minimum atomic E-state index is 0.632. The van der Waals surface area contributed by atoms with Crippen LogP contribution in [0.3, 0.4) is 0 Å². The van der Waals surface area contributed by atoms with Crippen molar-refractivity contribution in [2.75, 3.05) is 0 Å². The zero-order chi connectivity index (χ0) is 6.97. The fourth-order valence-corrected chi connectivity index (χ4v) is 2.92. The topological polar surface area (TPSA) is 12.0 Å². The lowest BCUT2D eigenvalue weighted by Gasteiger charge is -2.18. The summed E-state index contributed by atoms with van der Waals surface area (Å²) in [5, 5.41) is 2.16. The van der Waals surface area contributed by atoms with E-state index < -0.39 is 0 Å². The van der Waals surface area contributed by atoms with Crippen LogP contribution in [-0.2, 0) is 6.42 Å². The van der Waals surface area contributed by atoms with Crippen LogP contribution >= 0.6 is 23.3 Å². The van der Waals surface area contributed by atoms with Gasteiger partial charge in [-0.3, -0.25) is 4.72 Å². The van der Waals surface area contributed by atoms with Gasteiger partial charge in [0.1, 0.15) is 0 Å². The summed E-state index contributed by atoms with van der Waals surface area (Å²) in [5.74, 6) is 0. The Morgan fingerprint density at radius 1 is 1.70 bits per heavy atom. The fraction of sp³-hybridized carbons (Fsp3) is 0.429. The van der Waals surface area contributed by atoms with Gasteiger partial charge in [0.15, 0.2) is 0 Å². The van der Waals surface area contributed by atoms with E-state index in [-0.39, 0.29) is 0 Å². The van der Waals surface area contributed by atoms with Gasteiger partial charge in [0.05, 0.1) is 4.21 Å². The molecule has 0 bridgehead atoms. The largest absolute Gasteiger partial charge is 0.256 e. The molecule has 3 heteroatoms. The first-order valence-corrected chi connectivity index (χ1v) is 5.04. The van der Waals surface area contributed by atoms with Crippen molar-refractivity contribution in [2.45, 2.75) is 23.6 Å². The van der Waals surface area contributed by atoms with E-state index in [4.69, 9.17) is 0 Å². The Morgan fingerprint density at radius 2 is 2.60 bits per heavy atom. The summed E-state index contributed by atoms with van der Waals surface area (Å²) < 4.78 is 4.79. The number of nitrogens with one attached hydrogen (secondary N) is 1. The van der Waals surface area contributed by atoms with Crippen LogP contribution in [0.25, 0.3) is 0 Å². The fourth-order valence-electron chi connectivity index (χ4n) is 1.09. The number of fused-ring (bicyclic) bond motifs is 1. The van der Waals surface area contributed by atoms with Crippen LogP contribution in [0, 0.1) is 0 Å². The highest BCUT2D eigenvalue weighted by molar-refractivity contribution is 7.99. The molecule has 0 radical (unpaired) electrons. The number of rotatable bonds is 0. The zero-order valence-corrected chi connectivity index (χ0v) is 7.39. The van der Waals surface area contributed by atoms with Gasteiger partial charge >= 0.3 is 0 Å². The van der Waals surface area contributed by atoms with Crippen LogP contribution in [0.4, 0.5) is 0 Å². The predicted octanol–water partition coefficient (Wildman–Crippen LogP) is 2.29. The molecule has 1 N–H and O–H groups in total. The summed E-state index contributed by atoms with van der Waals surface area (Å²) in [7, 11) is 0. The normalized spacial score (nSPS) is 24.3. The molecule has 0 spiro atoms. The summed E-state index contributed by atoms with van der Waals surface area (Å²) in [4.78, 5) is 0. The molecule has 1 aliphatic rings. The second-order valence-corrected chi connectivity index (χ2v) is 4.58. The Bertz CT molecular complexity index is 231. The Hall–Kier alpha value is 0.01000. The molecule has 54 valence electrons. The second kappa shape index (κ2) is 2.57. The average molecular weight is 171 g/mol. The maximum absolute atomic E-state index is 3.35. The summed E-state index contributed by atoms with van der Waals surface area (Å²) in [5.41, 5.74) is 1.52. The molecule has 1 aromatic rings. The third-order valence-corrected chi connectivity index (χ3v) is 3.84. The van der Waals surface area contributed by atoms with Crippen molar-refractivity contribution in [3.05, 3.63) is 17.0 Å². The lowest BCUT2D eigenvalue weighted by molar-refractivity contribution is 0.672. The molecule has 0 saturated heterocycles. The molecule has 10 heavy (non-hydrogen) atoms. The summed E-state index contributed by atoms with van der Waals surface area (Å²) in [6, 6.07) is 2.86. The minimum Gasteiger partial charge on any atom is -0.256 e. The smallest absolute Gasteiger partial charge is 0.0783 e. The van der Waals surface area contributed by atoms with E-state index >= 15 is 0 Å². The lowest BCUT2D eigenvalue weighted by atomic mass is 10.1. The van der Waals surface area contributed by atoms with Gasteiger partial charge in [-0.15, -0.1) is 11.3 Å². The Balaban J connectivity index is 2.30. The van der Waals surface area contributed by atoms with Crippen LogP contribution in [-0.4, -0.2) is 6.04 Å². The Labute approximate surface area is 69.0 Å². The zero-order valence-electron chi connectivity index (χ0n) is 5.76. The van der Waals surface area contributed by atoms with Gasteiger partial charge in [-0.05, 0) is 42.3 Å². The number of hydrogen-bond donors (Lipinski definition) is 1. The van der Waals surface area contributed by atoms with E-state index in [1.54, 1.807) is 11.9 Å². The predicted molar refractivity (Wildman–Crippen MR) is 46.5 cm³/mol. The van der Waals surface area contributed by atoms with E-state index in [9.17, 15) is 0 Å². The molecule has 0 aromatic carbocycles. The third-order valence-electron chi connectivity index (χ3n) is 1.59. The number of hydrogen-bond acceptors (Lipinski definition) is 3. The average Bonchev–Trinajstić information content (AvgIpc) is 2.33. The van der Waals surface area contributed by atoms with Gasteiger partial charge < -0.3 is 0 Å². The Kier molecular flexibility index (Phi) is 1.72. The molecule has 0 aliphatic carbocycles. The highest BCUT2D eigenvalue weighted by Gasteiger charge is 2.15. The van der Waals surface area contributed by atoms with Crippen LogP contribution < -0.4 is 4.72 Å². The van der Waals surface area contributed by atoms with Crippen LogP contribution in [0.5, 0.6) is 0 Å². The molecule has 2 rings (SSSR count). The molecule has 1 aromatic heterocycles. The van der Waals surface area contributed by atoms with E-state index in [0.717, 1.165) is 0 Å². The summed E-state index contributed by atoms with van der Waals surface area (Å²) in [6.45, 7) is 2.22. The highest BCUT2D eigenvalue weighted by atomic mass is 32.2. The highest BCUT2D eigenvalue weighted by Crippen LogP contribution is 2.31. The van der Waals surface area contributed by atoms with Gasteiger partial charge in [0, 0.05) is 6.04 Å². The van der Waals surface area contributed by atoms with Crippen molar-refractivity contribution in [3.63, 3.8) is 0 Å². The van der Waals surface area contributed by atoms with Gasteiger partial charge in [-0.2, -0.15) is 0 Å². The van der Waals surface area contributed by atoms with Crippen molar-refractivity contribution < 1.29 is 0 Å². The van der Waals surface area contributed by atoms with Crippen molar-refractivity contribution >= 4 is 23.3 Å². The van der Waals surface area contributed by atoms with Gasteiger partial charge in [-0.1, -0.05) is 0 Å². The van der Waals surface area contributed by atoms with E-state index in [2.05, 4.69) is 23.1 Å². The maximum Gasteiger partial charge on any atom is 0.0783 e. The molecule has 1 unspecified atom stereocenters. The number of thiophene rings is 1. The van der Waals surface area contributed by atoms with Crippen LogP contribution in [0.1, 0.15) is 12.5 Å². The van der Waals surface area contributed by atoms with Crippen LogP contribution in [0.2, 0.25) is 0 Å². The first-order chi connectivity index (χ1) is 4.86. The molecule has 1 nitrogen and oxygen atoms in total. The quantitative estimate of drug-likeness (QED) is 0.601. The van der Waals surface area contributed by atoms with Crippen LogP contribution in [0.15, 0.2) is 15.7 Å². The van der Waals surface area contributed by atoms with Crippen molar-refractivity contribution in [2.24, 2.45) is 0 Å². The summed E-state index contributed by atoms with van der Waals surface area (Å²) >= 11 is 3.60. The van der Waals surface area contributed by atoms with Crippen molar-refractivity contribution in [3.8, 4) is 0 Å². The second-order valence-electron chi connectivity index (χ2n) is 2.56. The van der Waals surface area contributed by atoms with Gasteiger partial charge in [-0.25, -0.2) is 0 Å². The summed E-state index contributed by atoms with van der Waals surface area (Å²) in [6.07, 6.45) is 1.19. The molecule has 0 amide bonds. The van der Waals surface area contributed by atoms with E-state index in [1.807, 2.05) is 11.3 Å². The van der Waals surface area contributed by atoms with Crippen molar-refractivity contribution in [1.29, 1.82) is 0 Å². The molecule has 1 atom stereocenters. The molecular formula is C7H9NS2. The first kappa shape index (κ1) is 6.70. The van der Waals surface area contributed by atoms with E-state index in [0.29, 0.717) is 6.04 Å². The van der Waals surface area contributed by atoms with Crippen molar-refractivity contribution in [1.82, 2.24) is 4.72 Å². The van der Waals surface area contributed by atoms with Gasteiger partial charge in [0.25, 0.3) is 0 Å². The molecule has 0 saturated carbocycles. The maximum atomic E-state index is 3.35. The molecule has 2 heterocycles. The monoisotopic (exact) mass is 171 g/mol. The molecule has 0 fully saturated rings. The molecule has 1 aliphatic heterocycles. The third kappa shape index (κ3) is 1.09. The van der Waals surface area contributed by atoms with E-state index in [1.165, 1.54) is 16.2 Å². The SMILES string of the molecule is CC1Cc2ccsc2SN1. The minimum absolute atomic E-state index is 0.632. The molecular weight excluding hydrogens is 162 g/mol. The first-order valence-electron chi connectivity index (χ1n) is 3.35. The standard InChI is InChI=1S/C7H9NS2/c1-5-4-6-2-3-9-7(6)10-8-5/h2-3,5,8H,4H2,1H3. The Morgan fingerprint density at radius 3 is 3.50 bits per heavy atom. The van der Waals surface area contributed by atoms with Gasteiger partial charge in [0.2, 0.25) is 0 Å².